The fourth-order valence-electron chi connectivity index (χ4n) is 3.62. The van der Waals surface area contributed by atoms with Crippen LogP contribution in [0.15, 0.2) is 52.9 Å². The van der Waals surface area contributed by atoms with Crippen molar-refractivity contribution in [2.75, 3.05) is 23.4 Å². The lowest BCUT2D eigenvalue weighted by molar-refractivity contribution is -0.127. The molecule has 0 saturated carbocycles. The van der Waals surface area contributed by atoms with E-state index in [1.54, 1.807) is 29.2 Å². The van der Waals surface area contributed by atoms with Gasteiger partial charge in [-0.05, 0) is 56.5 Å². The molecule has 1 aromatic heterocycles. The third-order valence-electron chi connectivity index (χ3n) is 5.50. The summed E-state index contributed by atoms with van der Waals surface area (Å²) in [6.45, 7) is 8.96. The van der Waals surface area contributed by atoms with Gasteiger partial charge in [-0.2, -0.15) is 0 Å². The van der Waals surface area contributed by atoms with Gasteiger partial charge in [-0.1, -0.05) is 32.0 Å². The van der Waals surface area contributed by atoms with E-state index in [-0.39, 0.29) is 17.6 Å². The molecule has 0 aliphatic carbocycles. The smallest absolute Gasteiger partial charge is 0.291 e. The fraction of sp³-hybridized carbons (Fsp3) is 0.360. The number of ether oxygens (including phenoxy) is 1. The molecule has 2 heterocycles. The number of carbonyl (C=O) groups excluding carboxylic acids is 2. The number of anilines is 2. The van der Waals surface area contributed by atoms with Gasteiger partial charge in [-0.25, -0.2) is 0 Å². The maximum atomic E-state index is 13.2. The summed E-state index contributed by atoms with van der Waals surface area (Å²) in [5.41, 5.74) is 1.29. The van der Waals surface area contributed by atoms with E-state index in [1.807, 2.05) is 38.1 Å². The Morgan fingerprint density at radius 1 is 1.16 bits per heavy atom. The maximum absolute atomic E-state index is 13.2. The molecule has 1 aliphatic rings. The number of carbonyl (C=O) groups is 2. The number of nitrogens with zero attached hydrogens (tertiary/aromatic N) is 1. The molecule has 31 heavy (non-hydrogen) atoms. The second-order valence-electron chi connectivity index (χ2n) is 9.10. The standard InChI is InChI=1S/C25H28N2O4/c1-16(2)11-12-27-19-14-18(9-10-21(19)30-15-25(3,4)24(27)29)26-23(28)22-13-17-7-5-6-8-20(17)31-22/h5-10,13-14,16H,11-12,15H2,1-4H3,(H,26,28). The van der Waals surface area contributed by atoms with Gasteiger partial charge in [0.05, 0.1) is 11.1 Å². The number of fused-ring (bicyclic) bond motifs is 2. The summed E-state index contributed by atoms with van der Waals surface area (Å²) >= 11 is 0. The molecule has 2 amide bonds. The Kier molecular flexibility index (Phi) is 5.48. The zero-order valence-electron chi connectivity index (χ0n) is 18.4. The van der Waals surface area contributed by atoms with Crippen LogP contribution in [-0.4, -0.2) is 25.0 Å². The first-order chi connectivity index (χ1) is 14.7. The van der Waals surface area contributed by atoms with Crippen LogP contribution in [0.4, 0.5) is 11.4 Å². The first kappa shape index (κ1) is 21.0. The van der Waals surface area contributed by atoms with Gasteiger partial charge in [-0.15, -0.1) is 0 Å². The van der Waals surface area contributed by atoms with Crippen LogP contribution in [-0.2, 0) is 4.79 Å². The number of nitrogens with one attached hydrogen (secondary N) is 1. The molecule has 0 fully saturated rings. The van der Waals surface area contributed by atoms with Gasteiger partial charge in [0.15, 0.2) is 5.76 Å². The molecule has 0 atom stereocenters. The summed E-state index contributed by atoms with van der Waals surface area (Å²) < 4.78 is 11.6. The number of para-hydroxylation sites is 1. The third kappa shape index (κ3) is 4.29. The number of furan rings is 1. The number of hydrogen-bond donors (Lipinski definition) is 1. The zero-order chi connectivity index (χ0) is 22.2. The molecule has 6 heteroatoms. The molecular formula is C25H28N2O4. The van der Waals surface area contributed by atoms with Gasteiger partial charge < -0.3 is 19.4 Å². The lowest BCUT2D eigenvalue weighted by atomic mass is 9.92. The Bertz CT molecular complexity index is 1100. The van der Waals surface area contributed by atoms with E-state index >= 15 is 0 Å². The van der Waals surface area contributed by atoms with E-state index in [0.717, 1.165) is 11.8 Å². The van der Waals surface area contributed by atoms with Crippen molar-refractivity contribution in [3.63, 3.8) is 0 Å². The molecule has 3 aromatic rings. The van der Waals surface area contributed by atoms with Crippen LogP contribution in [0.5, 0.6) is 5.75 Å². The molecule has 1 N–H and O–H groups in total. The number of hydrogen-bond acceptors (Lipinski definition) is 4. The molecule has 0 unspecified atom stereocenters. The molecule has 0 radical (unpaired) electrons. The van der Waals surface area contributed by atoms with Crippen molar-refractivity contribution in [2.24, 2.45) is 11.3 Å². The van der Waals surface area contributed by atoms with Gasteiger partial charge in [-0.3, -0.25) is 9.59 Å². The zero-order valence-corrected chi connectivity index (χ0v) is 18.4. The van der Waals surface area contributed by atoms with E-state index < -0.39 is 5.41 Å². The minimum Gasteiger partial charge on any atom is -0.490 e. The fourth-order valence-corrected chi connectivity index (χ4v) is 3.62. The van der Waals surface area contributed by atoms with Crippen LogP contribution in [0.2, 0.25) is 0 Å². The molecule has 4 rings (SSSR count). The summed E-state index contributed by atoms with van der Waals surface area (Å²) in [5.74, 6) is 1.02. The van der Waals surface area contributed by atoms with Gasteiger partial charge in [0.2, 0.25) is 5.91 Å². The Morgan fingerprint density at radius 2 is 1.94 bits per heavy atom. The molecule has 0 spiro atoms. The van der Waals surface area contributed by atoms with Crippen LogP contribution < -0.4 is 15.0 Å². The predicted octanol–water partition coefficient (Wildman–Crippen LogP) is 5.48. The quantitative estimate of drug-likeness (QED) is 0.593. The summed E-state index contributed by atoms with van der Waals surface area (Å²) in [6.07, 6.45) is 0.872. The minimum atomic E-state index is -0.631. The highest BCUT2D eigenvalue weighted by molar-refractivity contribution is 6.05. The highest BCUT2D eigenvalue weighted by atomic mass is 16.5. The topological polar surface area (TPSA) is 71.8 Å². The van der Waals surface area contributed by atoms with E-state index in [0.29, 0.717) is 41.8 Å². The van der Waals surface area contributed by atoms with Crippen molar-refractivity contribution in [3.05, 3.63) is 54.3 Å². The average molecular weight is 421 g/mol. The molecule has 6 nitrogen and oxygen atoms in total. The van der Waals surface area contributed by atoms with Crippen molar-refractivity contribution in [1.29, 1.82) is 0 Å². The van der Waals surface area contributed by atoms with Crippen molar-refractivity contribution in [1.82, 2.24) is 0 Å². The van der Waals surface area contributed by atoms with Crippen LogP contribution in [0.1, 0.15) is 44.7 Å². The second kappa shape index (κ2) is 8.10. The molecular weight excluding hydrogens is 392 g/mol. The summed E-state index contributed by atoms with van der Waals surface area (Å²) in [5, 5.41) is 3.76. The van der Waals surface area contributed by atoms with Crippen molar-refractivity contribution in [3.8, 4) is 5.75 Å². The lowest BCUT2D eigenvalue weighted by Crippen LogP contribution is -2.42. The summed E-state index contributed by atoms with van der Waals surface area (Å²) in [6, 6.07) is 14.6. The summed E-state index contributed by atoms with van der Waals surface area (Å²) in [4.78, 5) is 27.8. The largest absolute Gasteiger partial charge is 0.490 e. The molecule has 1 aliphatic heterocycles. The van der Waals surface area contributed by atoms with Gasteiger partial charge in [0.1, 0.15) is 17.9 Å². The van der Waals surface area contributed by atoms with E-state index in [9.17, 15) is 9.59 Å². The van der Waals surface area contributed by atoms with E-state index in [2.05, 4.69) is 19.2 Å². The van der Waals surface area contributed by atoms with Crippen LogP contribution in [0, 0.1) is 11.3 Å². The van der Waals surface area contributed by atoms with Crippen LogP contribution >= 0.6 is 0 Å². The van der Waals surface area contributed by atoms with E-state index in [4.69, 9.17) is 9.15 Å². The SMILES string of the molecule is CC(C)CCN1C(=O)C(C)(C)COc2ccc(NC(=O)c3cc4ccccc4o3)cc21. The van der Waals surface area contributed by atoms with Crippen molar-refractivity contribution >= 4 is 34.2 Å². The van der Waals surface area contributed by atoms with Gasteiger partial charge in [0.25, 0.3) is 5.91 Å². The highest BCUT2D eigenvalue weighted by Crippen LogP contribution is 2.38. The Labute approximate surface area is 182 Å². The molecule has 2 aromatic carbocycles. The predicted molar refractivity (Wildman–Crippen MR) is 122 cm³/mol. The average Bonchev–Trinajstić information content (AvgIpc) is 3.14. The van der Waals surface area contributed by atoms with Crippen molar-refractivity contribution in [2.45, 2.75) is 34.1 Å². The first-order valence-corrected chi connectivity index (χ1v) is 10.6. The molecule has 0 saturated heterocycles. The highest BCUT2D eigenvalue weighted by Gasteiger charge is 2.37. The van der Waals surface area contributed by atoms with Crippen LogP contribution in [0.25, 0.3) is 11.0 Å². The minimum absolute atomic E-state index is 0.0210. The monoisotopic (exact) mass is 420 g/mol. The number of benzene rings is 2. The second-order valence-corrected chi connectivity index (χ2v) is 9.10. The Morgan fingerprint density at radius 3 is 2.68 bits per heavy atom. The number of rotatable bonds is 5. The van der Waals surface area contributed by atoms with E-state index in [1.165, 1.54) is 0 Å². The van der Waals surface area contributed by atoms with Crippen LogP contribution in [0.3, 0.4) is 0 Å². The van der Waals surface area contributed by atoms with Gasteiger partial charge in [0, 0.05) is 17.6 Å². The first-order valence-electron chi connectivity index (χ1n) is 10.6. The molecule has 0 bridgehead atoms. The Hall–Kier alpha value is -3.28. The lowest BCUT2D eigenvalue weighted by Gasteiger charge is -2.28. The third-order valence-corrected chi connectivity index (χ3v) is 5.50. The maximum Gasteiger partial charge on any atom is 0.291 e. The normalized spacial score (nSPS) is 15.5. The van der Waals surface area contributed by atoms with Gasteiger partial charge >= 0.3 is 0 Å². The molecule has 162 valence electrons. The summed E-state index contributed by atoms with van der Waals surface area (Å²) in [7, 11) is 0. The number of amides is 2. The van der Waals surface area contributed by atoms with Crippen molar-refractivity contribution < 1.29 is 18.7 Å². The Balaban J connectivity index is 1.63.